The Morgan fingerprint density at radius 2 is 2.08 bits per heavy atom. The SMILES string of the molecule is CC(CC#CC1CC1)CC(F)F. The predicted octanol–water partition coefficient (Wildman–Crippen LogP) is 3.08. The van der Waals surface area contributed by atoms with Crippen LogP contribution in [0.25, 0.3) is 0 Å². The predicted molar refractivity (Wildman–Crippen MR) is 44.9 cm³/mol. The summed E-state index contributed by atoms with van der Waals surface area (Å²) in [5, 5.41) is 0. The van der Waals surface area contributed by atoms with Gasteiger partial charge in [-0.05, 0) is 18.8 Å². The van der Waals surface area contributed by atoms with E-state index in [1.807, 2.05) is 6.92 Å². The van der Waals surface area contributed by atoms with Crippen LogP contribution in [0.1, 0.15) is 32.6 Å². The molecule has 0 aromatic rings. The monoisotopic (exact) mass is 172 g/mol. The van der Waals surface area contributed by atoms with E-state index in [-0.39, 0.29) is 12.3 Å². The lowest BCUT2D eigenvalue weighted by molar-refractivity contribution is 0.119. The van der Waals surface area contributed by atoms with Gasteiger partial charge in [0.15, 0.2) is 0 Å². The lowest BCUT2D eigenvalue weighted by Crippen LogP contribution is -2.00. The molecule has 1 aliphatic rings. The van der Waals surface area contributed by atoms with Crippen LogP contribution in [0.2, 0.25) is 0 Å². The Labute approximate surface area is 72.3 Å². The highest BCUT2D eigenvalue weighted by atomic mass is 19.3. The van der Waals surface area contributed by atoms with Gasteiger partial charge < -0.3 is 0 Å². The first-order valence-corrected chi connectivity index (χ1v) is 4.45. The zero-order valence-electron chi connectivity index (χ0n) is 7.32. The Balaban J connectivity index is 2.09. The van der Waals surface area contributed by atoms with Crippen molar-refractivity contribution in [3.63, 3.8) is 0 Å². The smallest absolute Gasteiger partial charge is 0.211 e. The lowest BCUT2D eigenvalue weighted by atomic mass is 10.0. The van der Waals surface area contributed by atoms with Gasteiger partial charge in [0.05, 0.1) is 0 Å². The van der Waals surface area contributed by atoms with Crippen molar-refractivity contribution in [2.24, 2.45) is 11.8 Å². The third-order valence-electron chi connectivity index (χ3n) is 1.91. The van der Waals surface area contributed by atoms with Crippen LogP contribution in [0, 0.1) is 23.7 Å². The maximum absolute atomic E-state index is 11.8. The molecule has 1 rings (SSSR count). The van der Waals surface area contributed by atoms with Crippen molar-refractivity contribution in [1.82, 2.24) is 0 Å². The molecule has 0 saturated heterocycles. The van der Waals surface area contributed by atoms with E-state index in [0.717, 1.165) is 0 Å². The summed E-state index contributed by atoms with van der Waals surface area (Å²) in [7, 11) is 0. The van der Waals surface area contributed by atoms with Crippen LogP contribution in [-0.4, -0.2) is 6.43 Å². The van der Waals surface area contributed by atoms with Crippen molar-refractivity contribution in [2.45, 2.75) is 39.0 Å². The minimum Gasteiger partial charge on any atom is -0.211 e. The fourth-order valence-corrected chi connectivity index (χ4v) is 0.993. The van der Waals surface area contributed by atoms with Crippen molar-refractivity contribution < 1.29 is 8.78 Å². The van der Waals surface area contributed by atoms with Crippen molar-refractivity contribution in [3.05, 3.63) is 0 Å². The Morgan fingerprint density at radius 3 is 2.58 bits per heavy atom. The number of alkyl halides is 2. The summed E-state index contributed by atoms with van der Waals surface area (Å²) in [4.78, 5) is 0. The highest BCUT2D eigenvalue weighted by Gasteiger charge is 2.17. The summed E-state index contributed by atoms with van der Waals surface area (Å²) in [6.07, 6.45) is 0.842. The molecule has 0 aliphatic heterocycles. The zero-order chi connectivity index (χ0) is 8.97. The minimum absolute atomic E-state index is 0.0145. The second-order valence-corrected chi connectivity index (χ2v) is 3.53. The zero-order valence-corrected chi connectivity index (χ0v) is 7.32. The second kappa shape index (κ2) is 4.45. The van der Waals surface area contributed by atoms with E-state index >= 15 is 0 Å². The first-order chi connectivity index (χ1) is 5.68. The van der Waals surface area contributed by atoms with E-state index in [4.69, 9.17) is 0 Å². The van der Waals surface area contributed by atoms with E-state index in [1.54, 1.807) is 0 Å². The molecule has 0 nitrogen and oxygen atoms in total. The van der Waals surface area contributed by atoms with Gasteiger partial charge >= 0.3 is 0 Å². The number of hydrogen-bond donors (Lipinski definition) is 0. The van der Waals surface area contributed by atoms with Crippen LogP contribution in [0.4, 0.5) is 8.78 Å². The molecule has 0 aromatic heterocycles. The van der Waals surface area contributed by atoms with Gasteiger partial charge in [0.25, 0.3) is 0 Å². The molecule has 1 unspecified atom stereocenters. The fraction of sp³-hybridized carbons (Fsp3) is 0.800. The van der Waals surface area contributed by atoms with Crippen LogP contribution in [-0.2, 0) is 0 Å². The molecule has 2 heteroatoms. The number of hydrogen-bond acceptors (Lipinski definition) is 0. The third kappa shape index (κ3) is 4.33. The van der Waals surface area contributed by atoms with Gasteiger partial charge in [0.1, 0.15) is 0 Å². The minimum atomic E-state index is -2.18. The molecule has 68 valence electrons. The molecule has 0 N–H and O–H groups in total. The fourth-order valence-electron chi connectivity index (χ4n) is 0.993. The van der Waals surface area contributed by atoms with Gasteiger partial charge in [-0.25, -0.2) is 8.78 Å². The second-order valence-electron chi connectivity index (χ2n) is 3.53. The lowest BCUT2D eigenvalue weighted by Gasteiger charge is -2.04. The van der Waals surface area contributed by atoms with Gasteiger partial charge in [0.2, 0.25) is 6.43 Å². The molecule has 0 amide bonds. The van der Waals surface area contributed by atoms with Crippen molar-refractivity contribution in [2.75, 3.05) is 0 Å². The molecule has 0 aromatic carbocycles. The summed E-state index contributed by atoms with van der Waals surface area (Å²) >= 11 is 0. The first kappa shape index (κ1) is 9.51. The largest absolute Gasteiger partial charge is 0.238 e. The molecule has 0 heterocycles. The van der Waals surface area contributed by atoms with Crippen molar-refractivity contribution in [3.8, 4) is 11.8 Å². The van der Waals surface area contributed by atoms with Crippen molar-refractivity contribution >= 4 is 0 Å². The molecule has 0 spiro atoms. The highest BCUT2D eigenvalue weighted by Crippen LogP contribution is 2.27. The van der Waals surface area contributed by atoms with Gasteiger partial charge in [0, 0.05) is 18.8 Å². The number of rotatable bonds is 3. The van der Waals surface area contributed by atoms with E-state index in [1.165, 1.54) is 12.8 Å². The van der Waals surface area contributed by atoms with Gasteiger partial charge in [-0.3, -0.25) is 0 Å². The Kier molecular flexibility index (Phi) is 3.52. The molecule has 12 heavy (non-hydrogen) atoms. The van der Waals surface area contributed by atoms with Gasteiger partial charge in [-0.2, -0.15) is 0 Å². The Morgan fingerprint density at radius 1 is 1.42 bits per heavy atom. The topological polar surface area (TPSA) is 0 Å². The average Bonchev–Trinajstić information content (AvgIpc) is 2.69. The molecular formula is C10H14F2. The average molecular weight is 172 g/mol. The van der Waals surface area contributed by atoms with Crippen molar-refractivity contribution in [1.29, 1.82) is 0 Å². The normalized spacial score (nSPS) is 18.7. The Hall–Kier alpha value is -0.580. The van der Waals surface area contributed by atoms with Crippen LogP contribution in [0.15, 0.2) is 0 Å². The summed E-state index contributed by atoms with van der Waals surface area (Å²) in [5.74, 6) is 6.66. The summed E-state index contributed by atoms with van der Waals surface area (Å²) in [5.41, 5.74) is 0. The molecular weight excluding hydrogens is 158 g/mol. The van der Waals surface area contributed by atoms with E-state index in [2.05, 4.69) is 11.8 Å². The van der Waals surface area contributed by atoms with E-state index in [9.17, 15) is 8.78 Å². The van der Waals surface area contributed by atoms with Crippen LogP contribution >= 0.6 is 0 Å². The third-order valence-corrected chi connectivity index (χ3v) is 1.91. The summed E-state index contributed by atoms with van der Waals surface area (Å²) in [6, 6.07) is 0. The maximum atomic E-state index is 11.8. The highest BCUT2D eigenvalue weighted by molar-refractivity contribution is 5.09. The molecule has 1 fully saturated rings. The van der Waals surface area contributed by atoms with Crippen LogP contribution in [0.3, 0.4) is 0 Å². The Bertz CT molecular complexity index is 184. The van der Waals surface area contributed by atoms with E-state index in [0.29, 0.717) is 12.3 Å². The van der Waals surface area contributed by atoms with Gasteiger partial charge in [-0.15, -0.1) is 5.92 Å². The van der Waals surface area contributed by atoms with Crippen LogP contribution < -0.4 is 0 Å². The molecule has 1 atom stereocenters. The molecule has 1 aliphatic carbocycles. The molecule has 1 saturated carbocycles. The quantitative estimate of drug-likeness (QED) is 0.574. The summed E-state index contributed by atoms with van der Waals surface area (Å²) in [6.45, 7) is 1.83. The van der Waals surface area contributed by atoms with E-state index < -0.39 is 6.43 Å². The standard InChI is InChI=1S/C10H14F2/c1-8(7-10(11)12)3-2-4-9-5-6-9/h8-10H,3,5-7H2,1H3. The van der Waals surface area contributed by atoms with Gasteiger partial charge in [-0.1, -0.05) is 12.8 Å². The maximum Gasteiger partial charge on any atom is 0.238 e. The van der Waals surface area contributed by atoms with Crippen LogP contribution in [0.5, 0.6) is 0 Å². The number of halogens is 2. The first-order valence-electron chi connectivity index (χ1n) is 4.45. The molecule has 0 bridgehead atoms. The summed E-state index contributed by atoms with van der Waals surface area (Å²) < 4.78 is 23.7. The molecule has 0 radical (unpaired) electrons.